The Morgan fingerprint density at radius 3 is 2.47 bits per heavy atom. The maximum atomic E-state index is 13.1. The van der Waals surface area contributed by atoms with E-state index in [2.05, 4.69) is 10.6 Å². The predicted octanol–water partition coefficient (Wildman–Crippen LogP) is 3.14. The summed E-state index contributed by atoms with van der Waals surface area (Å²) in [4.78, 5) is 25.2. The summed E-state index contributed by atoms with van der Waals surface area (Å²) < 4.78 is 11.2. The molecule has 1 aromatic heterocycles. The second kappa shape index (κ2) is 9.34. The van der Waals surface area contributed by atoms with E-state index in [4.69, 9.17) is 9.15 Å². The fourth-order valence-corrected chi connectivity index (χ4v) is 3.94. The number of hydrogen-bond donors (Lipinski definition) is 3. The summed E-state index contributed by atoms with van der Waals surface area (Å²) in [5.41, 5.74) is 2.30. The Kier molecular flexibility index (Phi) is 6.82. The quantitative estimate of drug-likeness (QED) is 0.674. The van der Waals surface area contributed by atoms with E-state index >= 15 is 0 Å². The number of aryl methyl sites for hydroxylation is 1. The Balaban J connectivity index is 1.90. The van der Waals surface area contributed by atoms with Crippen LogP contribution >= 0.6 is 0 Å². The first-order valence-corrected chi connectivity index (χ1v) is 10.3. The highest BCUT2D eigenvalue weighted by atomic mass is 16.5. The lowest BCUT2D eigenvalue weighted by molar-refractivity contribution is 0.0864. The van der Waals surface area contributed by atoms with Gasteiger partial charge in [0.1, 0.15) is 11.5 Å². The lowest BCUT2D eigenvalue weighted by Gasteiger charge is -2.26. The molecule has 1 heterocycles. The molecule has 1 saturated carbocycles. The zero-order valence-electron chi connectivity index (χ0n) is 18.0. The Bertz CT molecular complexity index is 912. The van der Waals surface area contributed by atoms with E-state index in [0.29, 0.717) is 24.2 Å². The number of nitrogens with one attached hydrogen (secondary N) is 2. The first kappa shape index (κ1) is 21.9. The molecule has 1 aliphatic rings. The van der Waals surface area contributed by atoms with Gasteiger partial charge in [-0.15, -0.1) is 0 Å². The molecule has 162 valence electrons. The summed E-state index contributed by atoms with van der Waals surface area (Å²) in [5, 5.41) is 15.3. The van der Waals surface area contributed by atoms with Gasteiger partial charge in [-0.05, 0) is 49.8 Å². The number of hydrogen-bond acceptors (Lipinski definition) is 5. The van der Waals surface area contributed by atoms with Crippen LogP contribution in [0.5, 0.6) is 5.75 Å². The van der Waals surface area contributed by atoms with Crippen molar-refractivity contribution >= 4 is 11.8 Å². The lowest BCUT2D eigenvalue weighted by atomic mass is 9.92. The molecule has 2 aromatic rings. The summed E-state index contributed by atoms with van der Waals surface area (Å²) in [5.74, 6) is 0.465. The van der Waals surface area contributed by atoms with Gasteiger partial charge in [-0.3, -0.25) is 9.59 Å². The van der Waals surface area contributed by atoms with Crippen LogP contribution in [0.1, 0.15) is 76.3 Å². The number of aliphatic hydroxyl groups is 1. The normalized spacial score (nSPS) is 19.8. The van der Waals surface area contributed by atoms with Crippen molar-refractivity contribution in [1.82, 2.24) is 10.6 Å². The van der Waals surface area contributed by atoms with Gasteiger partial charge < -0.3 is 24.9 Å². The largest absolute Gasteiger partial charge is 0.496 e. The third-order valence-electron chi connectivity index (χ3n) is 5.80. The molecule has 1 aliphatic carbocycles. The van der Waals surface area contributed by atoms with Crippen LogP contribution in [0.3, 0.4) is 0 Å². The van der Waals surface area contributed by atoms with Crippen molar-refractivity contribution in [3.05, 3.63) is 52.5 Å². The summed E-state index contributed by atoms with van der Waals surface area (Å²) >= 11 is 0. The number of aliphatic hydroxyl groups excluding tert-OH is 1. The molecule has 0 unspecified atom stereocenters. The number of methoxy groups -OCH3 is 1. The summed E-state index contributed by atoms with van der Waals surface area (Å²) in [6.45, 7) is 3.90. The lowest BCUT2D eigenvalue weighted by Crippen LogP contribution is -2.38. The van der Waals surface area contributed by atoms with Crippen molar-refractivity contribution in [3.63, 3.8) is 0 Å². The third-order valence-corrected chi connectivity index (χ3v) is 5.80. The number of carbonyl (C=O) groups is 2. The van der Waals surface area contributed by atoms with E-state index in [1.54, 1.807) is 7.11 Å². The van der Waals surface area contributed by atoms with E-state index in [1.807, 2.05) is 32.0 Å². The molecule has 7 heteroatoms. The van der Waals surface area contributed by atoms with Gasteiger partial charge >= 0.3 is 0 Å². The topological polar surface area (TPSA) is 101 Å². The molecule has 30 heavy (non-hydrogen) atoms. The monoisotopic (exact) mass is 414 g/mol. The average Bonchev–Trinajstić information content (AvgIpc) is 3.20. The number of furan rings is 1. The van der Waals surface area contributed by atoms with Crippen LogP contribution in [0.4, 0.5) is 0 Å². The van der Waals surface area contributed by atoms with E-state index in [9.17, 15) is 14.7 Å². The number of amides is 2. The Hall–Kier alpha value is -2.80. The standard InChI is InChI=1S/C23H30N2O5/c1-13-11-15(5-10-19(13)29-4)14(2)21-18(12-20(30-21)23(28)24-3)22(27)25-16-6-8-17(26)9-7-16/h5,10-12,14,16-17,26H,6-9H2,1-4H3,(H,24,28)(H,25,27)/t14-,16?,17?/m1/s1. The highest BCUT2D eigenvalue weighted by Crippen LogP contribution is 2.32. The molecular formula is C23H30N2O5. The SMILES string of the molecule is CNC(=O)c1cc(C(=O)NC2CCC(O)CC2)c([C@H](C)c2ccc(OC)c(C)c2)o1. The average molecular weight is 415 g/mol. The second-order valence-corrected chi connectivity index (χ2v) is 7.90. The Morgan fingerprint density at radius 2 is 1.87 bits per heavy atom. The van der Waals surface area contributed by atoms with Crippen LogP contribution in [-0.2, 0) is 0 Å². The molecule has 3 N–H and O–H groups in total. The molecule has 0 saturated heterocycles. The minimum absolute atomic E-state index is 0.00522. The van der Waals surface area contributed by atoms with Crippen LogP contribution in [0.2, 0.25) is 0 Å². The fraction of sp³-hybridized carbons (Fsp3) is 0.478. The van der Waals surface area contributed by atoms with Crippen LogP contribution in [0.15, 0.2) is 28.7 Å². The molecule has 0 radical (unpaired) electrons. The van der Waals surface area contributed by atoms with Gasteiger partial charge in [-0.25, -0.2) is 0 Å². The minimum Gasteiger partial charge on any atom is -0.496 e. The Labute approximate surface area is 176 Å². The highest BCUT2D eigenvalue weighted by Gasteiger charge is 2.28. The maximum absolute atomic E-state index is 13.1. The van der Waals surface area contributed by atoms with Gasteiger partial charge in [0.2, 0.25) is 0 Å². The number of carbonyl (C=O) groups excluding carboxylic acids is 2. The van der Waals surface area contributed by atoms with E-state index < -0.39 is 0 Å². The van der Waals surface area contributed by atoms with Crippen molar-refractivity contribution in [3.8, 4) is 5.75 Å². The molecule has 1 atom stereocenters. The number of benzene rings is 1. The van der Waals surface area contributed by atoms with Gasteiger partial charge in [-0.1, -0.05) is 19.1 Å². The molecule has 1 aromatic carbocycles. The first-order valence-electron chi connectivity index (χ1n) is 10.3. The van der Waals surface area contributed by atoms with Crippen molar-refractivity contribution < 1.29 is 23.8 Å². The summed E-state index contributed by atoms with van der Waals surface area (Å²) in [7, 11) is 3.15. The van der Waals surface area contributed by atoms with E-state index in [0.717, 1.165) is 29.7 Å². The number of rotatable bonds is 6. The third kappa shape index (κ3) is 4.67. The van der Waals surface area contributed by atoms with Crippen molar-refractivity contribution in [2.45, 2.75) is 57.6 Å². The molecule has 7 nitrogen and oxygen atoms in total. The number of ether oxygens (including phenoxy) is 1. The van der Waals surface area contributed by atoms with Gasteiger partial charge in [0.25, 0.3) is 11.8 Å². The molecule has 0 spiro atoms. The molecule has 3 rings (SSSR count). The summed E-state index contributed by atoms with van der Waals surface area (Å²) in [6.07, 6.45) is 2.52. The highest BCUT2D eigenvalue weighted by molar-refractivity contribution is 5.99. The molecule has 1 fully saturated rings. The van der Waals surface area contributed by atoms with E-state index in [1.165, 1.54) is 13.1 Å². The maximum Gasteiger partial charge on any atom is 0.286 e. The fourth-order valence-electron chi connectivity index (χ4n) is 3.94. The van der Waals surface area contributed by atoms with Crippen LogP contribution in [0, 0.1) is 6.92 Å². The zero-order valence-corrected chi connectivity index (χ0v) is 18.0. The minimum atomic E-state index is -0.380. The van der Waals surface area contributed by atoms with Crippen molar-refractivity contribution in [2.75, 3.05) is 14.2 Å². The van der Waals surface area contributed by atoms with Gasteiger partial charge in [0, 0.05) is 25.1 Å². The predicted molar refractivity (Wildman–Crippen MR) is 113 cm³/mol. The summed E-state index contributed by atoms with van der Waals surface area (Å²) in [6, 6.07) is 7.33. The molecule has 0 bridgehead atoms. The Morgan fingerprint density at radius 1 is 1.17 bits per heavy atom. The van der Waals surface area contributed by atoms with Crippen molar-refractivity contribution in [2.24, 2.45) is 0 Å². The second-order valence-electron chi connectivity index (χ2n) is 7.90. The van der Waals surface area contributed by atoms with Gasteiger partial charge in [0.15, 0.2) is 5.76 Å². The molecular weight excluding hydrogens is 384 g/mol. The van der Waals surface area contributed by atoms with Gasteiger partial charge in [-0.2, -0.15) is 0 Å². The smallest absolute Gasteiger partial charge is 0.286 e. The first-order chi connectivity index (χ1) is 14.3. The van der Waals surface area contributed by atoms with Crippen LogP contribution in [0.25, 0.3) is 0 Å². The van der Waals surface area contributed by atoms with E-state index in [-0.39, 0.29) is 35.6 Å². The zero-order chi connectivity index (χ0) is 21.8. The van der Waals surface area contributed by atoms with Crippen molar-refractivity contribution in [1.29, 1.82) is 0 Å². The molecule has 2 amide bonds. The van der Waals surface area contributed by atoms with Gasteiger partial charge in [0.05, 0.1) is 18.8 Å². The van der Waals surface area contributed by atoms with Crippen LogP contribution < -0.4 is 15.4 Å². The van der Waals surface area contributed by atoms with Crippen LogP contribution in [-0.4, -0.2) is 43.2 Å². The molecule has 0 aliphatic heterocycles.